The van der Waals surface area contributed by atoms with Gasteiger partial charge in [-0.05, 0) is 71.1 Å². The molecule has 0 saturated carbocycles. The number of ether oxygens (including phenoxy) is 1. The molecule has 3 nitrogen and oxygen atoms in total. The summed E-state index contributed by atoms with van der Waals surface area (Å²) in [6.07, 6.45) is 3.21. The summed E-state index contributed by atoms with van der Waals surface area (Å²) >= 11 is 6.48. The zero-order chi connectivity index (χ0) is 15.2. The maximum Gasteiger partial charge on any atom is 0.125 e. The first kappa shape index (κ1) is 15.1. The van der Waals surface area contributed by atoms with Crippen LogP contribution in [0.2, 0.25) is 5.02 Å². The first-order valence-corrected chi connectivity index (χ1v) is 8.17. The Labute approximate surface area is 132 Å². The standard InChI is InChI=1S/C17H25ClN2O/c1-11-9-14-15(12(2)16(11)18)13(20(3)4)10-17(21-14)5-7-19-8-6-17/h9,13,19H,5-8,10H2,1-4H3. The van der Waals surface area contributed by atoms with Crippen molar-refractivity contribution >= 4 is 11.6 Å². The quantitative estimate of drug-likeness (QED) is 0.860. The van der Waals surface area contributed by atoms with Crippen LogP contribution in [0.5, 0.6) is 5.75 Å². The van der Waals surface area contributed by atoms with E-state index in [1.54, 1.807) is 0 Å². The number of hydrogen-bond donors (Lipinski definition) is 1. The molecule has 4 heteroatoms. The molecule has 2 aliphatic heterocycles. The molecule has 1 atom stereocenters. The smallest absolute Gasteiger partial charge is 0.125 e. The zero-order valence-corrected chi connectivity index (χ0v) is 14.2. The van der Waals surface area contributed by atoms with E-state index >= 15 is 0 Å². The molecule has 0 radical (unpaired) electrons. The average Bonchev–Trinajstić information content (AvgIpc) is 2.44. The maximum atomic E-state index is 6.53. The van der Waals surface area contributed by atoms with Gasteiger partial charge in [0.25, 0.3) is 0 Å². The molecule has 1 aromatic rings. The Morgan fingerprint density at radius 1 is 1.29 bits per heavy atom. The zero-order valence-electron chi connectivity index (χ0n) is 13.4. The predicted molar refractivity (Wildman–Crippen MR) is 87.4 cm³/mol. The molecule has 0 bridgehead atoms. The summed E-state index contributed by atoms with van der Waals surface area (Å²) in [5.41, 5.74) is 3.55. The number of nitrogens with zero attached hydrogens (tertiary/aromatic N) is 1. The topological polar surface area (TPSA) is 24.5 Å². The van der Waals surface area contributed by atoms with E-state index in [9.17, 15) is 0 Å². The molecule has 0 aromatic heterocycles. The third kappa shape index (κ3) is 2.56. The Morgan fingerprint density at radius 2 is 1.95 bits per heavy atom. The Balaban J connectivity index is 2.09. The van der Waals surface area contributed by atoms with Gasteiger partial charge in [-0.2, -0.15) is 0 Å². The number of hydrogen-bond acceptors (Lipinski definition) is 3. The monoisotopic (exact) mass is 308 g/mol. The van der Waals surface area contributed by atoms with Gasteiger partial charge in [0.2, 0.25) is 0 Å². The van der Waals surface area contributed by atoms with Crippen molar-refractivity contribution in [2.45, 2.75) is 44.8 Å². The van der Waals surface area contributed by atoms with E-state index in [0.29, 0.717) is 6.04 Å². The summed E-state index contributed by atoms with van der Waals surface area (Å²) in [5.74, 6) is 1.04. The maximum absolute atomic E-state index is 6.53. The fraction of sp³-hybridized carbons (Fsp3) is 0.647. The van der Waals surface area contributed by atoms with Crippen molar-refractivity contribution < 1.29 is 4.74 Å². The number of piperidine rings is 1. The van der Waals surface area contributed by atoms with E-state index in [1.165, 1.54) is 11.1 Å². The third-order valence-electron chi connectivity index (χ3n) is 5.06. The fourth-order valence-electron chi connectivity index (χ4n) is 3.79. The predicted octanol–water partition coefficient (Wildman–Crippen LogP) is 3.46. The minimum absolute atomic E-state index is 0.0140. The molecule has 2 heterocycles. The molecule has 0 aliphatic carbocycles. The van der Waals surface area contributed by atoms with Gasteiger partial charge in [-0.3, -0.25) is 0 Å². The van der Waals surface area contributed by atoms with Crippen molar-refractivity contribution in [2.75, 3.05) is 27.2 Å². The van der Waals surface area contributed by atoms with Crippen LogP contribution in [0, 0.1) is 13.8 Å². The lowest BCUT2D eigenvalue weighted by Crippen LogP contribution is -2.50. The van der Waals surface area contributed by atoms with Crippen molar-refractivity contribution in [2.24, 2.45) is 0 Å². The third-order valence-corrected chi connectivity index (χ3v) is 5.64. The van der Waals surface area contributed by atoms with Gasteiger partial charge in [-0.1, -0.05) is 11.6 Å². The Hall–Kier alpha value is -0.770. The minimum atomic E-state index is -0.0140. The molecule has 1 N–H and O–H groups in total. The molecular formula is C17H25ClN2O. The fourth-order valence-corrected chi connectivity index (χ4v) is 3.95. The number of nitrogens with one attached hydrogen (secondary N) is 1. The van der Waals surface area contributed by atoms with Gasteiger partial charge < -0.3 is 15.0 Å². The van der Waals surface area contributed by atoms with E-state index in [2.05, 4.69) is 44.2 Å². The lowest BCUT2D eigenvalue weighted by molar-refractivity contribution is -0.0121. The van der Waals surface area contributed by atoms with Crippen molar-refractivity contribution in [1.82, 2.24) is 10.2 Å². The Morgan fingerprint density at radius 3 is 2.57 bits per heavy atom. The van der Waals surface area contributed by atoms with Crippen LogP contribution in [-0.2, 0) is 0 Å². The van der Waals surface area contributed by atoms with Crippen LogP contribution >= 0.6 is 11.6 Å². The van der Waals surface area contributed by atoms with Crippen LogP contribution < -0.4 is 10.1 Å². The van der Waals surface area contributed by atoms with Gasteiger partial charge in [0, 0.05) is 23.0 Å². The van der Waals surface area contributed by atoms with Crippen LogP contribution in [-0.4, -0.2) is 37.7 Å². The lowest BCUT2D eigenvalue weighted by Gasteiger charge is -2.47. The van der Waals surface area contributed by atoms with Crippen molar-refractivity contribution in [3.63, 3.8) is 0 Å². The number of benzene rings is 1. The highest BCUT2D eigenvalue weighted by Crippen LogP contribution is 2.48. The summed E-state index contributed by atoms with van der Waals surface area (Å²) in [4.78, 5) is 2.31. The van der Waals surface area contributed by atoms with Crippen LogP contribution in [0.4, 0.5) is 0 Å². The highest BCUT2D eigenvalue weighted by molar-refractivity contribution is 6.32. The second kappa shape index (κ2) is 5.45. The molecule has 116 valence electrons. The highest BCUT2D eigenvalue weighted by Gasteiger charge is 2.43. The van der Waals surface area contributed by atoms with Crippen LogP contribution in [0.1, 0.15) is 42.0 Å². The van der Waals surface area contributed by atoms with Gasteiger partial charge in [-0.15, -0.1) is 0 Å². The van der Waals surface area contributed by atoms with Crippen molar-refractivity contribution in [3.05, 3.63) is 27.8 Å². The van der Waals surface area contributed by atoms with Crippen molar-refractivity contribution in [1.29, 1.82) is 0 Å². The van der Waals surface area contributed by atoms with Crippen LogP contribution in [0.3, 0.4) is 0 Å². The second-order valence-corrected chi connectivity index (χ2v) is 7.14. The molecular weight excluding hydrogens is 284 g/mol. The number of halogens is 1. The molecule has 0 amide bonds. The average molecular weight is 309 g/mol. The SMILES string of the molecule is Cc1cc2c(c(C)c1Cl)C(N(C)C)CC1(CCNCC1)O2. The Bertz CT molecular complexity index is 550. The van der Waals surface area contributed by atoms with Gasteiger partial charge in [0.15, 0.2) is 0 Å². The largest absolute Gasteiger partial charge is 0.487 e. The van der Waals surface area contributed by atoms with Gasteiger partial charge in [0.05, 0.1) is 0 Å². The summed E-state index contributed by atoms with van der Waals surface area (Å²) in [7, 11) is 4.31. The summed E-state index contributed by atoms with van der Waals surface area (Å²) in [6.45, 7) is 6.27. The van der Waals surface area contributed by atoms with E-state index < -0.39 is 0 Å². The lowest BCUT2D eigenvalue weighted by atomic mass is 9.79. The number of fused-ring (bicyclic) bond motifs is 1. The molecule has 3 rings (SSSR count). The molecule has 1 spiro atoms. The van der Waals surface area contributed by atoms with Crippen LogP contribution in [0.25, 0.3) is 0 Å². The van der Waals surface area contributed by atoms with Gasteiger partial charge >= 0.3 is 0 Å². The molecule has 1 unspecified atom stereocenters. The molecule has 1 saturated heterocycles. The summed E-state index contributed by atoms with van der Waals surface area (Å²) < 4.78 is 6.53. The van der Waals surface area contributed by atoms with E-state index in [-0.39, 0.29) is 5.60 Å². The molecule has 1 fully saturated rings. The molecule has 21 heavy (non-hydrogen) atoms. The number of rotatable bonds is 1. The van der Waals surface area contributed by atoms with Crippen LogP contribution in [0.15, 0.2) is 6.07 Å². The highest BCUT2D eigenvalue weighted by atomic mass is 35.5. The van der Waals surface area contributed by atoms with Gasteiger partial charge in [0.1, 0.15) is 11.4 Å². The second-order valence-electron chi connectivity index (χ2n) is 6.76. The summed E-state index contributed by atoms with van der Waals surface area (Å²) in [5, 5.41) is 4.32. The van der Waals surface area contributed by atoms with Crippen molar-refractivity contribution in [3.8, 4) is 5.75 Å². The first-order chi connectivity index (χ1) is 9.93. The minimum Gasteiger partial charge on any atom is -0.487 e. The van der Waals surface area contributed by atoms with E-state index in [4.69, 9.17) is 16.3 Å². The molecule has 2 aliphatic rings. The molecule has 1 aromatic carbocycles. The van der Waals surface area contributed by atoms with E-state index in [0.717, 1.165) is 48.7 Å². The van der Waals surface area contributed by atoms with Gasteiger partial charge in [-0.25, -0.2) is 0 Å². The normalized spacial score (nSPS) is 24.0. The Kier molecular flexibility index (Phi) is 3.93. The summed E-state index contributed by atoms with van der Waals surface area (Å²) in [6, 6.07) is 2.51. The van der Waals surface area contributed by atoms with E-state index in [1.807, 2.05) is 0 Å². The first-order valence-electron chi connectivity index (χ1n) is 7.79. The number of aryl methyl sites for hydroxylation is 1.